The average Bonchev–Trinajstić information content (AvgIpc) is 3.08. The molecule has 0 unspecified atom stereocenters. The van der Waals surface area contributed by atoms with E-state index in [9.17, 15) is 0 Å². The van der Waals surface area contributed by atoms with Crippen LogP contribution in [0.3, 0.4) is 0 Å². The lowest BCUT2D eigenvalue weighted by Gasteiger charge is -2.03. The Kier molecular flexibility index (Phi) is 4.26. The van der Waals surface area contributed by atoms with Crippen LogP contribution in [0.4, 0.5) is 0 Å². The van der Waals surface area contributed by atoms with Crippen molar-refractivity contribution in [1.82, 2.24) is 24.1 Å². The van der Waals surface area contributed by atoms with Gasteiger partial charge in [0.2, 0.25) is 0 Å². The van der Waals surface area contributed by atoms with Crippen LogP contribution in [0.2, 0.25) is 0 Å². The fourth-order valence-electron chi connectivity index (χ4n) is 2.01. The molecule has 22 heavy (non-hydrogen) atoms. The van der Waals surface area contributed by atoms with Crippen molar-refractivity contribution in [3.63, 3.8) is 0 Å². The smallest absolute Gasteiger partial charge is 0.198 e. The molecular formula is C15H17N5S2. The van der Waals surface area contributed by atoms with E-state index in [-0.39, 0.29) is 0 Å². The second-order valence-electron chi connectivity index (χ2n) is 5.41. The van der Waals surface area contributed by atoms with E-state index in [1.807, 2.05) is 23.7 Å². The van der Waals surface area contributed by atoms with Gasteiger partial charge in [0.05, 0.1) is 0 Å². The summed E-state index contributed by atoms with van der Waals surface area (Å²) in [5.41, 5.74) is 2.28. The first-order valence-electron chi connectivity index (χ1n) is 7.02. The average molecular weight is 331 g/mol. The molecule has 0 saturated carbocycles. The van der Waals surface area contributed by atoms with Crippen LogP contribution < -0.4 is 0 Å². The van der Waals surface area contributed by atoms with Crippen molar-refractivity contribution >= 4 is 23.3 Å². The normalized spacial score (nSPS) is 11.3. The van der Waals surface area contributed by atoms with Crippen molar-refractivity contribution in [3.8, 4) is 11.4 Å². The van der Waals surface area contributed by atoms with Crippen LogP contribution in [-0.4, -0.2) is 24.1 Å². The molecule has 1 aromatic carbocycles. The van der Waals surface area contributed by atoms with Crippen molar-refractivity contribution in [3.05, 3.63) is 35.7 Å². The molecule has 0 bridgehead atoms. The Hall–Kier alpha value is -1.73. The third kappa shape index (κ3) is 3.05. The number of rotatable bonds is 4. The molecule has 0 amide bonds. The number of aromatic nitrogens is 5. The molecule has 0 saturated heterocycles. The van der Waals surface area contributed by atoms with Gasteiger partial charge in [-0.3, -0.25) is 0 Å². The Bertz CT molecular complexity index is 791. The highest BCUT2D eigenvalue weighted by Crippen LogP contribution is 2.30. The summed E-state index contributed by atoms with van der Waals surface area (Å²) in [7, 11) is 1.98. The van der Waals surface area contributed by atoms with Crippen molar-refractivity contribution in [2.45, 2.75) is 36.2 Å². The van der Waals surface area contributed by atoms with Crippen LogP contribution in [-0.2, 0) is 7.05 Å². The number of aryl methyl sites for hydroxylation is 1. The summed E-state index contributed by atoms with van der Waals surface area (Å²) in [6.07, 6.45) is 0. The third-order valence-electron chi connectivity index (χ3n) is 3.23. The molecule has 0 atom stereocenters. The van der Waals surface area contributed by atoms with Gasteiger partial charge in [0.1, 0.15) is 5.82 Å². The van der Waals surface area contributed by atoms with Gasteiger partial charge >= 0.3 is 0 Å². The molecule has 0 spiro atoms. The number of hydrogen-bond donors (Lipinski definition) is 0. The van der Waals surface area contributed by atoms with Gasteiger partial charge in [0, 0.05) is 18.5 Å². The van der Waals surface area contributed by atoms with Gasteiger partial charge < -0.3 is 4.57 Å². The maximum absolute atomic E-state index is 4.53. The van der Waals surface area contributed by atoms with Crippen LogP contribution in [0.15, 0.2) is 33.8 Å². The molecular weight excluding hydrogens is 314 g/mol. The third-order valence-corrected chi connectivity index (χ3v) is 5.03. The first-order chi connectivity index (χ1) is 10.5. The minimum absolute atomic E-state index is 0.341. The zero-order valence-electron chi connectivity index (χ0n) is 12.9. The summed E-state index contributed by atoms with van der Waals surface area (Å²) in [5, 5.41) is 9.42. The predicted molar refractivity (Wildman–Crippen MR) is 89.3 cm³/mol. The highest BCUT2D eigenvalue weighted by atomic mass is 32.2. The van der Waals surface area contributed by atoms with Crippen LogP contribution in [0.5, 0.6) is 0 Å². The quantitative estimate of drug-likeness (QED) is 0.725. The molecule has 3 rings (SSSR count). The van der Waals surface area contributed by atoms with Gasteiger partial charge in [-0.15, -0.1) is 10.2 Å². The van der Waals surface area contributed by atoms with E-state index in [0.717, 1.165) is 26.7 Å². The van der Waals surface area contributed by atoms with Crippen molar-refractivity contribution in [2.75, 3.05) is 0 Å². The summed E-state index contributed by atoms with van der Waals surface area (Å²) in [6, 6.07) is 8.27. The van der Waals surface area contributed by atoms with Crippen LogP contribution in [0.1, 0.15) is 31.2 Å². The summed E-state index contributed by atoms with van der Waals surface area (Å²) in [6.45, 7) is 6.26. The van der Waals surface area contributed by atoms with Gasteiger partial charge in [-0.1, -0.05) is 37.6 Å². The topological polar surface area (TPSA) is 56.5 Å². The van der Waals surface area contributed by atoms with E-state index >= 15 is 0 Å². The summed E-state index contributed by atoms with van der Waals surface area (Å²) in [5.74, 6) is 2.08. The number of benzene rings is 1. The van der Waals surface area contributed by atoms with Gasteiger partial charge in [0.15, 0.2) is 15.3 Å². The predicted octanol–water partition coefficient (Wildman–Crippen LogP) is 3.92. The largest absolute Gasteiger partial charge is 0.305 e. The molecule has 0 aliphatic carbocycles. The van der Waals surface area contributed by atoms with Crippen molar-refractivity contribution in [1.29, 1.82) is 0 Å². The molecule has 2 heterocycles. The molecule has 5 nitrogen and oxygen atoms in total. The van der Waals surface area contributed by atoms with Gasteiger partial charge in [-0.05, 0) is 36.3 Å². The lowest BCUT2D eigenvalue weighted by Crippen LogP contribution is -1.95. The molecule has 114 valence electrons. The Morgan fingerprint density at radius 3 is 2.73 bits per heavy atom. The van der Waals surface area contributed by atoms with Gasteiger partial charge in [-0.2, -0.15) is 4.37 Å². The van der Waals surface area contributed by atoms with E-state index < -0.39 is 0 Å². The monoisotopic (exact) mass is 331 g/mol. The number of nitrogens with zero attached hydrogens (tertiary/aromatic N) is 5. The molecule has 0 aliphatic heterocycles. The first-order valence-corrected chi connectivity index (χ1v) is 8.61. The molecule has 0 radical (unpaired) electrons. The van der Waals surface area contributed by atoms with Crippen LogP contribution in [0, 0.1) is 6.92 Å². The Labute approximate surface area is 138 Å². The van der Waals surface area contributed by atoms with E-state index in [1.165, 1.54) is 28.9 Å². The Morgan fingerprint density at radius 1 is 1.23 bits per heavy atom. The second-order valence-corrected chi connectivity index (χ2v) is 7.38. The fraction of sp³-hybridized carbons (Fsp3) is 0.333. The highest BCUT2D eigenvalue weighted by molar-refractivity contribution is 8.00. The van der Waals surface area contributed by atoms with Crippen molar-refractivity contribution < 1.29 is 0 Å². The number of hydrogen-bond acceptors (Lipinski definition) is 6. The minimum atomic E-state index is 0.341. The van der Waals surface area contributed by atoms with Crippen LogP contribution in [0.25, 0.3) is 11.4 Å². The SMILES string of the molecule is Cc1cccc(-c2nnc(Sc3nc(C(C)C)ns3)n2C)c1. The molecule has 0 fully saturated rings. The lowest BCUT2D eigenvalue weighted by molar-refractivity contribution is 0.782. The maximum Gasteiger partial charge on any atom is 0.198 e. The lowest BCUT2D eigenvalue weighted by atomic mass is 10.1. The van der Waals surface area contributed by atoms with Gasteiger partial charge in [0.25, 0.3) is 0 Å². The molecule has 0 N–H and O–H groups in total. The zero-order chi connectivity index (χ0) is 15.7. The first kappa shape index (κ1) is 15.2. The zero-order valence-corrected chi connectivity index (χ0v) is 14.6. The van der Waals surface area contributed by atoms with E-state index in [0.29, 0.717) is 5.92 Å². The minimum Gasteiger partial charge on any atom is -0.305 e. The van der Waals surface area contributed by atoms with Crippen LogP contribution >= 0.6 is 23.3 Å². The second kappa shape index (κ2) is 6.18. The summed E-state index contributed by atoms with van der Waals surface area (Å²) in [4.78, 5) is 4.53. The Balaban J connectivity index is 1.87. The van der Waals surface area contributed by atoms with E-state index in [1.54, 1.807) is 0 Å². The standard InChI is InChI=1S/C15H17N5S2/c1-9(2)12-16-15(22-19-12)21-14-18-17-13(20(14)4)11-7-5-6-10(3)8-11/h5-9H,1-4H3. The van der Waals surface area contributed by atoms with Gasteiger partial charge in [-0.25, -0.2) is 4.98 Å². The fourth-order valence-corrected chi connectivity index (χ4v) is 3.66. The Morgan fingerprint density at radius 2 is 2.05 bits per heavy atom. The van der Waals surface area contributed by atoms with E-state index in [4.69, 9.17) is 0 Å². The van der Waals surface area contributed by atoms with E-state index in [2.05, 4.69) is 52.5 Å². The molecule has 3 aromatic rings. The van der Waals surface area contributed by atoms with Crippen molar-refractivity contribution in [2.24, 2.45) is 7.05 Å². The molecule has 0 aliphatic rings. The maximum atomic E-state index is 4.53. The molecule has 2 aromatic heterocycles. The summed E-state index contributed by atoms with van der Waals surface area (Å²) < 4.78 is 7.26. The highest BCUT2D eigenvalue weighted by Gasteiger charge is 2.15. The summed E-state index contributed by atoms with van der Waals surface area (Å²) >= 11 is 2.92. The molecule has 7 heteroatoms.